The maximum Gasteiger partial charge on any atom is 0.184 e. The lowest BCUT2D eigenvalue weighted by molar-refractivity contribution is -0.0441. The van der Waals surface area contributed by atoms with E-state index in [2.05, 4.69) is 18.2 Å². The van der Waals surface area contributed by atoms with E-state index in [4.69, 9.17) is 14.2 Å². The van der Waals surface area contributed by atoms with Crippen molar-refractivity contribution in [3.8, 4) is 5.75 Å². The quantitative estimate of drug-likeness (QED) is 0.834. The van der Waals surface area contributed by atoms with Gasteiger partial charge < -0.3 is 14.2 Å². The number of hydrogen-bond acceptors (Lipinski definition) is 3. The fraction of sp³-hybridized carbons (Fsp3) is 0.222. The minimum Gasteiger partial charge on any atom is -0.490 e. The van der Waals surface area contributed by atoms with Crippen molar-refractivity contribution in [1.29, 1.82) is 0 Å². The van der Waals surface area contributed by atoms with Crippen LogP contribution in [0.15, 0.2) is 60.7 Å². The van der Waals surface area contributed by atoms with Crippen molar-refractivity contribution in [3.05, 3.63) is 71.8 Å². The lowest BCUT2D eigenvalue weighted by Gasteiger charge is -2.10. The Morgan fingerprint density at radius 3 is 2.38 bits per heavy atom. The van der Waals surface area contributed by atoms with E-state index in [0.717, 1.165) is 11.3 Å². The Bertz CT molecular complexity index is 569. The van der Waals surface area contributed by atoms with Gasteiger partial charge in [0.25, 0.3) is 0 Å². The van der Waals surface area contributed by atoms with Gasteiger partial charge >= 0.3 is 0 Å². The van der Waals surface area contributed by atoms with Crippen LogP contribution in [-0.4, -0.2) is 19.8 Å². The maximum atomic E-state index is 5.68. The van der Waals surface area contributed by atoms with Crippen LogP contribution in [0.25, 0.3) is 6.08 Å². The van der Waals surface area contributed by atoms with E-state index < -0.39 is 0 Å². The van der Waals surface area contributed by atoms with Crippen molar-refractivity contribution in [1.82, 2.24) is 0 Å². The summed E-state index contributed by atoms with van der Waals surface area (Å²) in [6.07, 6.45) is 3.83. The first kappa shape index (κ1) is 13.9. The third kappa shape index (κ3) is 3.94. The monoisotopic (exact) mass is 282 g/mol. The summed E-state index contributed by atoms with van der Waals surface area (Å²) in [5.74, 6) is 0.842. The molecule has 1 heterocycles. The second-order valence-corrected chi connectivity index (χ2v) is 4.77. The van der Waals surface area contributed by atoms with E-state index in [1.165, 1.54) is 5.56 Å². The van der Waals surface area contributed by atoms with Crippen LogP contribution in [0.3, 0.4) is 0 Å². The largest absolute Gasteiger partial charge is 0.490 e. The summed E-state index contributed by atoms with van der Waals surface area (Å²) in [7, 11) is 0. The molecule has 3 heteroatoms. The Hall–Kier alpha value is -2.10. The molecule has 0 radical (unpaired) electrons. The summed E-state index contributed by atoms with van der Waals surface area (Å²) < 4.78 is 16.6. The van der Waals surface area contributed by atoms with Crippen LogP contribution in [0.2, 0.25) is 0 Å². The molecule has 0 unspecified atom stereocenters. The van der Waals surface area contributed by atoms with Crippen molar-refractivity contribution in [2.45, 2.75) is 6.29 Å². The molecule has 1 saturated heterocycles. The molecule has 0 bridgehead atoms. The van der Waals surface area contributed by atoms with E-state index in [1.807, 2.05) is 48.5 Å². The number of rotatable bonds is 5. The minimum absolute atomic E-state index is 0.225. The van der Waals surface area contributed by atoms with E-state index in [0.29, 0.717) is 19.8 Å². The molecule has 0 atom stereocenters. The zero-order valence-corrected chi connectivity index (χ0v) is 11.8. The van der Waals surface area contributed by atoms with Gasteiger partial charge in [0.2, 0.25) is 0 Å². The maximum absolute atomic E-state index is 5.68. The van der Waals surface area contributed by atoms with Crippen LogP contribution >= 0.6 is 0 Å². The average molecular weight is 282 g/mol. The zero-order chi connectivity index (χ0) is 14.3. The van der Waals surface area contributed by atoms with Crippen molar-refractivity contribution in [2.75, 3.05) is 19.8 Å². The van der Waals surface area contributed by atoms with Crippen molar-refractivity contribution in [2.24, 2.45) is 0 Å². The van der Waals surface area contributed by atoms with Gasteiger partial charge in [-0.1, -0.05) is 48.5 Å². The molecule has 3 nitrogen and oxygen atoms in total. The summed E-state index contributed by atoms with van der Waals surface area (Å²) in [5, 5.41) is 0. The lowest BCUT2D eigenvalue weighted by atomic mass is 10.2. The SMILES string of the molecule is C(=Cc1ccccc1)COc1ccc(C2OCCO2)cc1. The van der Waals surface area contributed by atoms with Crippen molar-refractivity contribution in [3.63, 3.8) is 0 Å². The number of hydrogen-bond donors (Lipinski definition) is 0. The Morgan fingerprint density at radius 1 is 0.952 bits per heavy atom. The first-order chi connectivity index (χ1) is 10.4. The van der Waals surface area contributed by atoms with Crippen LogP contribution in [0, 0.1) is 0 Å². The second kappa shape index (κ2) is 7.07. The van der Waals surface area contributed by atoms with E-state index in [1.54, 1.807) is 0 Å². The Balaban J connectivity index is 1.50. The molecule has 2 aromatic carbocycles. The molecule has 2 aromatic rings. The smallest absolute Gasteiger partial charge is 0.184 e. The highest BCUT2D eigenvalue weighted by molar-refractivity contribution is 5.48. The van der Waals surface area contributed by atoms with Crippen LogP contribution in [0.5, 0.6) is 5.75 Å². The molecular formula is C18H18O3. The molecule has 1 aliphatic rings. The molecule has 1 aliphatic heterocycles. The molecule has 0 saturated carbocycles. The van der Waals surface area contributed by atoms with Crippen LogP contribution in [0.1, 0.15) is 17.4 Å². The standard InChI is InChI=1S/C18H18O3/c1-2-5-15(6-3-1)7-4-12-19-17-10-8-16(9-11-17)18-20-13-14-21-18/h1-11,18H,12-14H2. The number of benzene rings is 2. The molecule has 0 amide bonds. The fourth-order valence-electron chi connectivity index (χ4n) is 2.16. The molecular weight excluding hydrogens is 264 g/mol. The molecule has 108 valence electrons. The average Bonchev–Trinajstić information content (AvgIpc) is 3.08. The molecule has 21 heavy (non-hydrogen) atoms. The van der Waals surface area contributed by atoms with E-state index >= 15 is 0 Å². The minimum atomic E-state index is -0.225. The third-order valence-corrected chi connectivity index (χ3v) is 3.23. The highest BCUT2D eigenvalue weighted by Crippen LogP contribution is 2.24. The zero-order valence-electron chi connectivity index (χ0n) is 11.8. The highest BCUT2D eigenvalue weighted by Gasteiger charge is 2.17. The highest BCUT2D eigenvalue weighted by atomic mass is 16.7. The van der Waals surface area contributed by atoms with Gasteiger partial charge in [-0.15, -0.1) is 0 Å². The third-order valence-electron chi connectivity index (χ3n) is 3.23. The predicted molar refractivity (Wildman–Crippen MR) is 82.1 cm³/mol. The Labute approximate surface area is 124 Å². The summed E-state index contributed by atoms with van der Waals surface area (Å²) in [4.78, 5) is 0. The predicted octanol–water partition coefficient (Wildman–Crippen LogP) is 3.82. The normalized spacial score (nSPS) is 15.6. The molecule has 3 rings (SSSR count). The van der Waals surface area contributed by atoms with Gasteiger partial charge in [-0.3, -0.25) is 0 Å². The molecule has 0 aromatic heterocycles. The first-order valence-corrected chi connectivity index (χ1v) is 7.09. The van der Waals surface area contributed by atoms with Gasteiger partial charge in [-0.25, -0.2) is 0 Å². The summed E-state index contributed by atoms with van der Waals surface area (Å²) in [6, 6.07) is 18.0. The first-order valence-electron chi connectivity index (χ1n) is 7.09. The van der Waals surface area contributed by atoms with Gasteiger partial charge in [0.1, 0.15) is 12.4 Å². The lowest BCUT2D eigenvalue weighted by Crippen LogP contribution is -1.98. The van der Waals surface area contributed by atoms with Crippen LogP contribution < -0.4 is 4.74 Å². The van der Waals surface area contributed by atoms with Crippen LogP contribution in [-0.2, 0) is 9.47 Å². The fourth-order valence-corrected chi connectivity index (χ4v) is 2.16. The van der Waals surface area contributed by atoms with Crippen molar-refractivity contribution >= 4 is 6.08 Å². The van der Waals surface area contributed by atoms with E-state index in [-0.39, 0.29) is 6.29 Å². The van der Waals surface area contributed by atoms with E-state index in [9.17, 15) is 0 Å². The second-order valence-electron chi connectivity index (χ2n) is 4.77. The number of ether oxygens (including phenoxy) is 3. The van der Waals surface area contributed by atoms with Crippen LogP contribution in [0.4, 0.5) is 0 Å². The van der Waals surface area contributed by atoms with Crippen molar-refractivity contribution < 1.29 is 14.2 Å². The van der Waals surface area contributed by atoms with Gasteiger partial charge in [0.05, 0.1) is 13.2 Å². The molecule has 1 fully saturated rings. The Morgan fingerprint density at radius 2 is 1.67 bits per heavy atom. The van der Waals surface area contributed by atoms with Gasteiger partial charge in [0.15, 0.2) is 6.29 Å². The molecule has 0 spiro atoms. The summed E-state index contributed by atoms with van der Waals surface area (Å²) in [6.45, 7) is 1.87. The summed E-state index contributed by atoms with van der Waals surface area (Å²) >= 11 is 0. The van der Waals surface area contributed by atoms with Gasteiger partial charge in [-0.05, 0) is 23.8 Å². The van der Waals surface area contributed by atoms with Gasteiger partial charge in [0, 0.05) is 5.56 Å². The topological polar surface area (TPSA) is 27.7 Å². The molecule has 0 aliphatic carbocycles. The summed E-state index contributed by atoms with van der Waals surface area (Å²) in [5.41, 5.74) is 2.20. The Kier molecular flexibility index (Phi) is 4.66. The van der Waals surface area contributed by atoms with Gasteiger partial charge in [-0.2, -0.15) is 0 Å². The molecule has 0 N–H and O–H groups in total.